The highest BCUT2D eigenvalue weighted by molar-refractivity contribution is 6.30. The summed E-state index contributed by atoms with van der Waals surface area (Å²) in [6.07, 6.45) is 2.79. The predicted molar refractivity (Wildman–Crippen MR) is 102 cm³/mol. The van der Waals surface area contributed by atoms with Gasteiger partial charge >= 0.3 is 5.97 Å². The summed E-state index contributed by atoms with van der Waals surface area (Å²) in [5, 5.41) is 10.0. The number of allylic oxidation sites excluding steroid dienone is 2. The molecule has 0 amide bonds. The fourth-order valence-electron chi connectivity index (χ4n) is 3.39. The maximum absolute atomic E-state index is 11.4. The molecule has 3 nitrogen and oxygen atoms in total. The third kappa shape index (κ3) is 3.33. The fourth-order valence-corrected chi connectivity index (χ4v) is 3.59. The van der Waals surface area contributed by atoms with Crippen LogP contribution in [0.25, 0.3) is 17.2 Å². The van der Waals surface area contributed by atoms with Crippen LogP contribution in [0, 0.1) is 0 Å². The summed E-state index contributed by atoms with van der Waals surface area (Å²) in [5.41, 5.74) is 5.79. The number of hydrogen-bond acceptors (Lipinski definition) is 2. The maximum Gasteiger partial charge on any atom is 0.307 e. The molecule has 0 aromatic heterocycles. The molecule has 0 heterocycles. The molecule has 0 fully saturated rings. The third-order valence-electron chi connectivity index (χ3n) is 4.37. The Kier molecular flexibility index (Phi) is 4.95. The van der Waals surface area contributed by atoms with E-state index >= 15 is 0 Å². The molecule has 4 heteroatoms. The topological polar surface area (TPSA) is 46.5 Å². The van der Waals surface area contributed by atoms with Gasteiger partial charge in [-0.15, -0.1) is 0 Å². The second-order valence-corrected chi connectivity index (χ2v) is 6.31. The maximum atomic E-state index is 11.4. The normalized spacial score (nSPS) is 14.8. The molecule has 0 radical (unpaired) electrons. The number of hydrogen-bond donors (Lipinski definition) is 1. The summed E-state index contributed by atoms with van der Waals surface area (Å²) in [6.45, 7) is 2.04. The van der Waals surface area contributed by atoms with Crippen molar-refractivity contribution in [3.63, 3.8) is 0 Å². The summed E-state index contributed by atoms with van der Waals surface area (Å²) in [6, 6.07) is 13.4. The van der Waals surface area contributed by atoms with E-state index in [-0.39, 0.29) is 6.42 Å². The lowest BCUT2D eigenvalue weighted by molar-refractivity contribution is -0.135. The zero-order valence-electron chi connectivity index (χ0n) is 14.2. The number of carboxylic acid groups (broad SMARTS) is 1. The van der Waals surface area contributed by atoms with E-state index in [1.165, 1.54) is 0 Å². The summed E-state index contributed by atoms with van der Waals surface area (Å²) in [4.78, 5) is 11.4. The van der Waals surface area contributed by atoms with Crippen molar-refractivity contribution >= 4 is 34.8 Å². The van der Waals surface area contributed by atoms with Gasteiger partial charge in [0, 0.05) is 10.6 Å². The first kappa shape index (κ1) is 17.3. The Morgan fingerprint density at radius 1 is 1.20 bits per heavy atom. The Morgan fingerprint density at radius 2 is 1.96 bits per heavy atom. The van der Waals surface area contributed by atoms with Gasteiger partial charge in [0.15, 0.2) is 0 Å². The molecule has 0 atom stereocenters. The first-order valence-corrected chi connectivity index (χ1v) is 8.52. The summed E-state index contributed by atoms with van der Waals surface area (Å²) >= 11 is 6.11. The van der Waals surface area contributed by atoms with Crippen LogP contribution in [0.3, 0.4) is 0 Å². The quantitative estimate of drug-likeness (QED) is 0.766. The molecule has 1 aliphatic rings. The van der Waals surface area contributed by atoms with E-state index in [2.05, 4.69) is 6.08 Å². The van der Waals surface area contributed by atoms with E-state index in [9.17, 15) is 9.90 Å². The van der Waals surface area contributed by atoms with Gasteiger partial charge in [-0.1, -0.05) is 42.8 Å². The molecular weight excluding hydrogens is 336 g/mol. The number of ether oxygens (including phenoxy) is 1. The van der Waals surface area contributed by atoms with Gasteiger partial charge in [-0.05, 0) is 58.5 Å². The van der Waals surface area contributed by atoms with Crippen molar-refractivity contribution in [2.45, 2.75) is 19.8 Å². The minimum atomic E-state index is -0.846. The number of methoxy groups -OCH3 is 1. The van der Waals surface area contributed by atoms with Crippen LogP contribution in [0.4, 0.5) is 0 Å². The number of carboxylic acids is 1. The van der Waals surface area contributed by atoms with Crippen molar-refractivity contribution in [3.8, 4) is 5.75 Å². The van der Waals surface area contributed by atoms with Crippen molar-refractivity contribution in [2.24, 2.45) is 0 Å². The first-order valence-electron chi connectivity index (χ1n) is 8.14. The molecular formula is C21H19ClO3. The lowest BCUT2D eigenvalue weighted by atomic mass is 9.98. The van der Waals surface area contributed by atoms with Gasteiger partial charge in [0.25, 0.3) is 0 Å². The third-order valence-corrected chi connectivity index (χ3v) is 4.60. The largest absolute Gasteiger partial charge is 0.496 e. The number of benzene rings is 2. The van der Waals surface area contributed by atoms with E-state index < -0.39 is 5.97 Å². The summed E-state index contributed by atoms with van der Waals surface area (Å²) in [5.74, 6) is -0.143. The molecule has 2 aromatic carbocycles. The highest BCUT2D eigenvalue weighted by atomic mass is 35.5. The lowest BCUT2D eigenvalue weighted by Gasteiger charge is -2.10. The van der Waals surface area contributed by atoms with Crippen LogP contribution in [0.2, 0.25) is 5.02 Å². The van der Waals surface area contributed by atoms with E-state index in [0.717, 1.165) is 39.8 Å². The highest BCUT2D eigenvalue weighted by Crippen LogP contribution is 2.48. The molecule has 25 heavy (non-hydrogen) atoms. The Balaban J connectivity index is 2.25. The van der Waals surface area contributed by atoms with E-state index in [4.69, 9.17) is 16.3 Å². The van der Waals surface area contributed by atoms with Gasteiger partial charge in [0.1, 0.15) is 5.75 Å². The Labute approximate surface area is 152 Å². The second kappa shape index (κ2) is 7.16. The minimum Gasteiger partial charge on any atom is -0.496 e. The molecule has 2 aromatic rings. The second-order valence-electron chi connectivity index (χ2n) is 5.88. The molecule has 0 saturated heterocycles. The first-order chi connectivity index (χ1) is 12.0. The number of rotatable bonds is 5. The summed E-state index contributed by atoms with van der Waals surface area (Å²) < 4.78 is 5.50. The van der Waals surface area contributed by atoms with Crippen LogP contribution < -0.4 is 4.74 Å². The molecule has 1 aliphatic carbocycles. The molecule has 128 valence electrons. The Bertz CT molecular complexity index is 894. The summed E-state index contributed by atoms with van der Waals surface area (Å²) in [7, 11) is 1.61. The van der Waals surface area contributed by atoms with Gasteiger partial charge in [0.05, 0.1) is 13.5 Å². The van der Waals surface area contributed by atoms with Gasteiger partial charge in [-0.2, -0.15) is 0 Å². The van der Waals surface area contributed by atoms with Gasteiger partial charge in [0.2, 0.25) is 0 Å². The van der Waals surface area contributed by atoms with Crippen molar-refractivity contribution in [1.82, 2.24) is 0 Å². The van der Waals surface area contributed by atoms with Gasteiger partial charge < -0.3 is 9.84 Å². The number of halogens is 1. The number of fused-ring (bicyclic) bond motifs is 1. The van der Waals surface area contributed by atoms with Gasteiger partial charge in [-0.3, -0.25) is 4.79 Å². The minimum absolute atomic E-state index is 0.0244. The van der Waals surface area contributed by atoms with Crippen LogP contribution in [0.1, 0.15) is 36.5 Å². The van der Waals surface area contributed by atoms with Crippen LogP contribution in [0.5, 0.6) is 5.75 Å². The smallest absolute Gasteiger partial charge is 0.307 e. The monoisotopic (exact) mass is 354 g/mol. The lowest BCUT2D eigenvalue weighted by Crippen LogP contribution is -1.99. The van der Waals surface area contributed by atoms with Crippen molar-refractivity contribution in [3.05, 3.63) is 69.8 Å². The Hall–Kier alpha value is -2.52. The zero-order valence-corrected chi connectivity index (χ0v) is 14.9. The van der Waals surface area contributed by atoms with Crippen LogP contribution in [-0.2, 0) is 4.79 Å². The van der Waals surface area contributed by atoms with Crippen LogP contribution in [0.15, 0.2) is 48.0 Å². The molecule has 0 unspecified atom stereocenters. The van der Waals surface area contributed by atoms with E-state index in [1.807, 2.05) is 49.4 Å². The number of carbonyl (C=O) groups is 1. The average molecular weight is 355 g/mol. The van der Waals surface area contributed by atoms with E-state index in [1.54, 1.807) is 7.11 Å². The van der Waals surface area contributed by atoms with Crippen molar-refractivity contribution in [1.29, 1.82) is 0 Å². The molecule has 0 aliphatic heterocycles. The van der Waals surface area contributed by atoms with Crippen molar-refractivity contribution in [2.75, 3.05) is 7.11 Å². The molecule has 0 saturated carbocycles. The predicted octanol–water partition coefficient (Wildman–Crippen LogP) is 5.54. The highest BCUT2D eigenvalue weighted by Gasteiger charge is 2.29. The van der Waals surface area contributed by atoms with Crippen LogP contribution in [-0.4, -0.2) is 18.2 Å². The fraction of sp³-hybridized carbons (Fsp3) is 0.190. The van der Waals surface area contributed by atoms with Crippen LogP contribution >= 0.6 is 11.6 Å². The Morgan fingerprint density at radius 3 is 2.60 bits per heavy atom. The zero-order chi connectivity index (χ0) is 18.0. The number of aliphatic carboxylic acids is 1. The SMILES string of the molecule is CCC1=C(CC(=O)O)c2c(OC)cccc2C1=Cc1cccc(Cl)c1. The standard InChI is InChI=1S/C21H19ClO3/c1-3-15-17(11-13-6-4-7-14(22)10-13)16-8-5-9-19(25-2)21(16)18(15)12-20(23)24/h4-11H,3,12H2,1-2H3,(H,23,24). The average Bonchev–Trinajstić information content (AvgIpc) is 2.87. The van der Waals surface area contributed by atoms with Crippen molar-refractivity contribution < 1.29 is 14.6 Å². The molecule has 1 N–H and O–H groups in total. The van der Waals surface area contributed by atoms with E-state index in [0.29, 0.717) is 10.8 Å². The van der Waals surface area contributed by atoms with Gasteiger partial charge in [-0.25, -0.2) is 0 Å². The molecule has 3 rings (SSSR count). The molecule has 0 spiro atoms. The molecule has 0 bridgehead atoms.